The minimum Gasteiger partial charge on any atom is -0.310 e. The zero-order chi connectivity index (χ0) is 83.1. The number of hydrogen-bond acceptors (Lipinski definition) is 2. The summed E-state index contributed by atoms with van der Waals surface area (Å²) in [6.45, 7) is 4.73. The predicted octanol–water partition coefficient (Wildman–Crippen LogP) is 33.3. The Morgan fingerprint density at radius 1 is 0.192 bits per heavy atom. The second-order valence-corrected chi connectivity index (χ2v) is 33.5. The van der Waals surface area contributed by atoms with Crippen LogP contribution in [0.2, 0.25) is 0 Å². The van der Waals surface area contributed by atoms with Gasteiger partial charge in [-0.05, 0) is 244 Å². The zero-order valence-electron chi connectivity index (χ0n) is 69.3. The lowest BCUT2D eigenvalue weighted by Gasteiger charge is -2.28. The number of anilines is 6. The molecule has 22 aromatic rings. The largest absolute Gasteiger partial charge is 0.310 e. The molecule has 0 N–H and O–H groups in total. The maximum Gasteiger partial charge on any atom is 0.0547 e. The first-order valence-electron chi connectivity index (χ1n) is 43.3. The third-order valence-corrected chi connectivity index (χ3v) is 25.9. The second-order valence-electron chi connectivity index (χ2n) is 33.5. The Hall–Kier alpha value is -16.1. The molecule has 20 aromatic carbocycles. The van der Waals surface area contributed by atoms with Crippen LogP contribution in [0.4, 0.5) is 34.1 Å². The van der Waals surface area contributed by atoms with Crippen molar-refractivity contribution >= 4 is 88.5 Å². The Kier molecular flexibility index (Phi) is 18.2. The first-order chi connectivity index (χ1) is 61.8. The van der Waals surface area contributed by atoms with Gasteiger partial charge in [0.2, 0.25) is 0 Å². The summed E-state index contributed by atoms with van der Waals surface area (Å²) < 4.78 is 4.96. The first-order valence-corrected chi connectivity index (χ1v) is 43.3. The second kappa shape index (κ2) is 30.8. The number of para-hydroxylation sites is 4. The molecule has 0 saturated carbocycles. The quantitative estimate of drug-likeness (QED) is 0.0903. The molecule has 0 spiro atoms. The third-order valence-electron chi connectivity index (χ3n) is 25.9. The van der Waals surface area contributed by atoms with Gasteiger partial charge in [-0.25, -0.2) is 0 Å². The van der Waals surface area contributed by atoms with Crippen molar-refractivity contribution in [1.82, 2.24) is 9.13 Å². The van der Waals surface area contributed by atoms with E-state index in [4.69, 9.17) is 0 Å². The van der Waals surface area contributed by atoms with Crippen molar-refractivity contribution in [2.45, 2.75) is 19.3 Å². The molecule has 0 fully saturated rings. The Bertz CT molecular complexity index is 7810. The molecule has 125 heavy (non-hydrogen) atoms. The summed E-state index contributed by atoms with van der Waals surface area (Å²) in [4.78, 5) is 4.83. The van der Waals surface area contributed by atoms with Crippen LogP contribution in [-0.2, 0) is 5.41 Å². The maximum atomic E-state index is 2.48. The fraction of sp³-hybridized carbons (Fsp3) is 0.0248. The Labute approximate surface area is 728 Å². The molecular formula is C121H84N4. The molecule has 4 heteroatoms. The number of rotatable bonds is 17. The molecule has 2 aromatic heterocycles. The fourth-order valence-corrected chi connectivity index (χ4v) is 19.9. The van der Waals surface area contributed by atoms with E-state index >= 15 is 0 Å². The Balaban J connectivity index is 0.563. The molecule has 0 atom stereocenters. The number of aromatic nitrogens is 2. The number of nitrogens with zero attached hydrogens (tertiary/aromatic N) is 4. The average molecular weight is 1590 g/mol. The smallest absolute Gasteiger partial charge is 0.0547 e. The van der Waals surface area contributed by atoms with Crippen molar-refractivity contribution in [3.05, 3.63) is 484 Å². The highest BCUT2D eigenvalue weighted by Gasteiger charge is 2.36. The average Bonchev–Trinajstić information content (AvgIpc) is 1.58. The molecule has 0 saturated heterocycles. The van der Waals surface area contributed by atoms with Crippen LogP contribution in [0.25, 0.3) is 177 Å². The van der Waals surface area contributed by atoms with Gasteiger partial charge in [0.25, 0.3) is 0 Å². The SMILES string of the molecule is CC1(C)c2ccccc2-c2ccc(-n3c4ccccc4c4c(-c5cccc(-c6ccccc6N(c6ccc(-c7ccccc7)cc6)c6ccc(-c7cccc(-c8ccc9c(-n%10c%11ccccc%11c%11c(-c%12cccc(-c%13ccccc%13N(c%13ccc(-c%14ccccc%14)cc%13)c%13ccc(-c%14ccccc%14)cc%13)c%12)cccc%11%10)cccc9c8)c7)cc6)c5)cccc43)cc21. The number of hydrogen-bond donors (Lipinski definition) is 0. The maximum absolute atomic E-state index is 2.48. The Morgan fingerprint density at radius 2 is 0.520 bits per heavy atom. The van der Waals surface area contributed by atoms with Crippen LogP contribution >= 0.6 is 0 Å². The third kappa shape index (κ3) is 13.0. The van der Waals surface area contributed by atoms with Gasteiger partial charge in [-0.1, -0.05) is 360 Å². The van der Waals surface area contributed by atoms with Gasteiger partial charge in [-0.15, -0.1) is 0 Å². The van der Waals surface area contributed by atoms with Gasteiger partial charge >= 0.3 is 0 Å². The van der Waals surface area contributed by atoms with Crippen molar-refractivity contribution < 1.29 is 0 Å². The minimum atomic E-state index is -0.124. The lowest BCUT2D eigenvalue weighted by molar-refractivity contribution is 0.660. The van der Waals surface area contributed by atoms with E-state index < -0.39 is 0 Å². The molecule has 2 heterocycles. The highest BCUT2D eigenvalue weighted by molar-refractivity contribution is 6.18. The number of benzene rings is 20. The minimum absolute atomic E-state index is 0.124. The van der Waals surface area contributed by atoms with Crippen LogP contribution in [0.1, 0.15) is 25.0 Å². The summed E-state index contributed by atoms with van der Waals surface area (Å²) in [5.74, 6) is 0. The van der Waals surface area contributed by atoms with Crippen molar-refractivity contribution in [3.63, 3.8) is 0 Å². The molecule has 588 valence electrons. The van der Waals surface area contributed by atoms with Gasteiger partial charge in [-0.3, -0.25) is 0 Å². The van der Waals surface area contributed by atoms with Gasteiger partial charge in [0.1, 0.15) is 0 Å². The van der Waals surface area contributed by atoms with Crippen LogP contribution < -0.4 is 9.80 Å². The summed E-state index contributed by atoms with van der Waals surface area (Å²) in [7, 11) is 0. The van der Waals surface area contributed by atoms with Gasteiger partial charge in [0, 0.05) is 71.9 Å². The first kappa shape index (κ1) is 74.0. The molecule has 0 unspecified atom stereocenters. The molecule has 1 aliphatic rings. The normalized spacial score (nSPS) is 12.1. The standard InChI is InChI=1S/C121H84N4/c1-121(2)110-48-17-12-43-106(110)107-75-73-100(80-111(107)121)124-115-51-20-15-44-108(115)119-104(46-26-54-117(119)124)94-38-23-36-92(78-94)101-41-14-19-50-113(101)123(98-69-60-86(61-70-98)83-32-10-5-11-33-83)99-71-62-87(63-72-99)88-34-22-35-89(76-88)90-64-74-103-91(77-90)40-25-53-114(103)125-116-52-21-16-45-109(116)120-105(47-27-55-118(120)125)95-39-24-37-93(79-95)102-42-13-18-49-112(102)122(96-65-56-84(57-66-96)81-28-6-3-7-29-81)97-67-58-85(59-68-97)82-30-8-4-9-31-82/h3-80H,1-2H3. The molecular weight excluding hydrogens is 1510 g/mol. The predicted molar refractivity (Wildman–Crippen MR) is 528 cm³/mol. The molecule has 0 bridgehead atoms. The summed E-state index contributed by atoms with van der Waals surface area (Å²) in [5, 5.41) is 7.24. The summed E-state index contributed by atoms with van der Waals surface area (Å²) in [6, 6.07) is 175. The van der Waals surface area contributed by atoms with E-state index in [1.165, 1.54) is 116 Å². The van der Waals surface area contributed by atoms with Crippen LogP contribution in [-0.4, -0.2) is 9.13 Å². The lowest BCUT2D eigenvalue weighted by Crippen LogP contribution is -2.15. The van der Waals surface area contributed by atoms with E-state index in [-0.39, 0.29) is 5.41 Å². The highest BCUT2D eigenvalue weighted by Crippen LogP contribution is 2.52. The van der Waals surface area contributed by atoms with Crippen LogP contribution in [0.5, 0.6) is 0 Å². The van der Waals surface area contributed by atoms with Crippen molar-refractivity contribution in [2.24, 2.45) is 0 Å². The summed E-state index contributed by atoms with van der Waals surface area (Å²) in [5.41, 5.74) is 39.6. The summed E-state index contributed by atoms with van der Waals surface area (Å²) >= 11 is 0. The molecule has 1 aliphatic carbocycles. The number of fused-ring (bicyclic) bond motifs is 10. The monoisotopic (exact) mass is 1590 g/mol. The molecule has 0 radical (unpaired) electrons. The Morgan fingerprint density at radius 3 is 1.02 bits per heavy atom. The molecule has 4 nitrogen and oxygen atoms in total. The summed E-state index contributed by atoms with van der Waals surface area (Å²) in [6.07, 6.45) is 0. The van der Waals surface area contributed by atoms with E-state index in [9.17, 15) is 0 Å². The van der Waals surface area contributed by atoms with Crippen molar-refractivity contribution in [2.75, 3.05) is 9.80 Å². The highest BCUT2D eigenvalue weighted by atomic mass is 15.2. The van der Waals surface area contributed by atoms with Crippen molar-refractivity contribution in [1.29, 1.82) is 0 Å². The molecule has 23 rings (SSSR count). The fourth-order valence-electron chi connectivity index (χ4n) is 19.9. The lowest BCUT2D eigenvalue weighted by atomic mass is 9.82. The topological polar surface area (TPSA) is 16.3 Å². The van der Waals surface area contributed by atoms with E-state index in [0.717, 1.165) is 106 Å². The van der Waals surface area contributed by atoms with Gasteiger partial charge in [0.15, 0.2) is 0 Å². The van der Waals surface area contributed by atoms with Crippen LogP contribution in [0, 0.1) is 0 Å². The van der Waals surface area contributed by atoms with E-state index in [1.54, 1.807) is 0 Å². The van der Waals surface area contributed by atoms with E-state index in [2.05, 4.69) is 506 Å². The van der Waals surface area contributed by atoms with E-state index in [0.29, 0.717) is 0 Å². The van der Waals surface area contributed by atoms with E-state index in [1.807, 2.05) is 0 Å². The van der Waals surface area contributed by atoms with Crippen LogP contribution in [0.3, 0.4) is 0 Å². The van der Waals surface area contributed by atoms with Gasteiger partial charge in [-0.2, -0.15) is 0 Å². The molecule has 0 aliphatic heterocycles. The van der Waals surface area contributed by atoms with Crippen molar-refractivity contribution in [3.8, 4) is 123 Å². The zero-order valence-corrected chi connectivity index (χ0v) is 69.3. The van der Waals surface area contributed by atoms with Crippen LogP contribution in [0.15, 0.2) is 473 Å². The van der Waals surface area contributed by atoms with Gasteiger partial charge in [0.05, 0.1) is 39.1 Å². The molecule has 0 amide bonds. The van der Waals surface area contributed by atoms with Gasteiger partial charge < -0.3 is 18.9 Å².